The molecule has 114 valence electrons. The van der Waals surface area contributed by atoms with Gasteiger partial charge in [0.2, 0.25) is 0 Å². The number of carbonyl (C=O) groups is 1. The maximum Gasteiger partial charge on any atom is 0.308 e. The molecule has 0 amide bonds. The van der Waals surface area contributed by atoms with Crippen molar-refractivity contribution in [1.29, 1.82) is 0 Å². The first-order valence-electron chi connectivity index (χ1n) is 6.51. The smallest absolute Gasteiger partial charge is 0.308 e. The fraction of sp³-hybridized carbons (Fsp3) is 0.429. The van der Waals surface area contributed by atoms with E-state index in [1.807, 2.05) is 17.5 Å². The summed E-state index contributed by atoms with van der Waals surface area (Å²) in [6.45, 7) is 1.83. The van der Waals surface area contributed by atoms with Crippen LogP contribution in [0.1, 0.15) is 9.88 Å². The minimum Gasteiger partial charge on any atom is -0.481 e. The third kappa shape index (κ3) is 5.20. The van der Waals surface area contributed by atoms with E-state index < -0.39 is 5.97 Å². The van der Waals surface area contributed by atoms with Crippen LogP contribution in [0.3, 0.4) is 0 Å². The highest BCUT2D eigenvalue weighted by Gasteiger charge is 2.09. The number of carboxylic acid groups (broad SMARTS) is 1. The Balaban J connectivity index is 1.87. The van der Waals surface area contributed by atoms with Crippen molar-refractivity contribution < 1.29 is 19.4 Å². The standard InChI is InChI=1S/C14H17NO4S2/c1-18-6-7-19-5-4-13-15-11(9-20-13)12-3-2-10(21-12)8-14(16)17/h2-3,9H,4-8H2,1H3,(H,16,17). The zero-order valence-electron chi connectivity index (χ0n) is 11.7. The Kier molecular flexibility index (Phi) is 6.31. The van der Waals surface area contributed by atoms with Gasteiger partial charge < -0.3 is 14.6 Å². The highest BCUT2D eigenvalue weighted by Crippen LogP contribution is 2.29. The highest BCUT2D eigenvalue weighted by molar-refractivity contribution is 7.16. The number of thiazole rings is 1. The van der Waals surface area contributed by atoms with Gasteiger partial charge in [0.1, 0.15) is 0 Å². The lowest BCUT2D eigenvalue weighted by Gasteiger charge is -2.00. The fourth-order valence-corrected chi connectivity index (χ4v) is 3.52. The van der Waals surface area contributed by atoms with Gasteiger partial charge in [0.25, 0.3) is 0 Å². The van der Waals surface area contributed by atoms with Gasteiger partial charge in [-0.05, 0) is 12.1 Å². The molecule has 0 fully saturated rings. The van der Waals surface area contributed by atoms with Gasteiger partial charge in [-0.2, -0.15) is 0 Å². The van der Waals surface area contributed by atoms with Crippen molar-refractivity contribution in [1.82, 2.24) is 4.98 Å². The first-order valence-corrected chi connectivity index (χ1v) is 8.20. The SMILES string of the molecule is COCCOCCc1nc(-c2ccc(CC(=O)O)s2)cs1. The van der Waals surface area contributed by atoms with E-state index in [1.165, 1.54) is 11.3 Å². The maximum atomic E-state index is 10.7. The molecule has 0 aliphatic carbocycles. The molecule has 0 aliphatic heterocycles. The minimum absolute atomic E-state index is 0.0645. The van der Waals surface area contributed by atoms with Crippen LogP contribution in [0.4, 0.5) is 0 Å². The third-order valence-electron chi connectivity index (χ3n) is 2.68. The normalized spacial score (nSPS) is 10.9. The van der Waals surface area contributed by atoms with Gasteiger partial charge >= 0.3 is 5.97 Å². The number of hydrogen-bond acceptors (Lipinski definition) is 6. The molecule has 2 rings (SSSR count). The van der Waals surface area contributed by atoms with Crippen LogP contribution in [-0.4, -0.2) is 43.0 Å². The van der Waals surface area contributed by atoms with Crippen LogP contribution in [0.15, 0.2) is 17.5 Å². The quantitative estimate of drug-likeness (QED) is 0.717. The van der Waals surface area contributed by atoms with E-state index >= 15 is 0 Å². The average molecular weight is 327 g/mol. The Hall–Kier alpha value is -1.28. The molecule has 0 saturated carbocycles. The number of rotatable bonds is 9. The summed E-state index contributed by atoms with van der Waals surface area (Å²) in [5, 5.41) is 11.8. The molecule has 2 aromatic heterocycles. The Labute approximate surface area is 131 Å². The number of hydrogen-bond donors (Lipinski definition) is 1. The topological polar surface area (TPSA) is 68.7 Å². The van der Waals surface area contributed by atoms with Gasteiger partial charge in [-0.15, -0.1) is 22.7 Å². The first kappa shape index (κ1) is 16.1. The van der Waals surface area contributed by atoms with Crippen LogP contribution in [0, 0.1) is 0 Å². The fourth-order valence-electron chi connectivity index (χ4n) is 1.70. The van der Waals surface area contributed by atoms with Crippen molar-refractivity contribution >= 4 is 28.6 Å². The highest BCUT2D eigenvalue weighted by atomic mass is 32.1. The van der Waals surface area contributed by atoms with E-state index in [0.29, 0.717) is 19.8 Å². The van der Waals surface area contributed by atoms with Gasteiger partial charge in [0.05, 0.1) is 41.8 Å². The Morgan fingerprint density at radius 3 is 2.95 bits per heavy atom. The van der Waals surface area contributed by atoms with Gasteiger partial charge in [0.15, 0.2) is 0 Å². The van der Waals surface area contributed by atoms with Crippen molar-refractivity contribution in [2.24, 2.45) is 0 Å². The molecule has 5 nitrogen and oxygen atoms in total. The summed E-state index contributed by atoms with van der Waals surface area (Å²) in [6, 6.07) is 3.78. The lowest BCUT2D eigenvalue weighted by Crippen LogP contribution is -2.04. The molecule has 0 aromatic carbocycles. The molecule has 7 heteroatoms. The average Bonchev–Trinajstić information content (AvgIpc) is 3.07. The lowest BCUT2D eigenvalue weighted by molar-refractivity contribution is -0.136. The second-order valence-electron chi connectivity index (χ2n) is 4.32. The predicted molar refractivity (Wildman–Crippen MR) is 83.2 cm³/mol. The summed E-state index contributed by atoms with van der Waals surface area (Å²) in [4.78, 5) is 17.1. The Morgan fingerprint density at radius 2 is 2.19 bits per heavy atom. The monoisotopic (exact) mass is 327 g/mol. The summed E-state index contributed by atoms with van der Waals surface area (Å²) in [5.74, 6) is -0.810. The predicted octanol–water partition coefficient (Wildman–Crippen LogP) is 2.70. The van der Waals surface area contributed by atoms with Gasteiger partial charge in [-0.3, -0.25) is 4.79 Å². The van der Waals surface area contributed by atoms with Gasteiger partial charge in [-0.25, -0.2) is 4.98 Å². The molecule has 0 saturated heterocycles. The van der Waals surface area contributed by atoms with E-state index in [9.17, 15) is 4.79 Å². The summed E-state index contributed by atoms with van der Waals surface area (Å²) < 4.78 is 10.3. The van der Waals surface area contributed by atoms with Crippen LogP contribution < -0.4 is 0 Å². The van der Waals surface area contributed by atoms with Crippen molar-refractivity contribution in [3.63, 3.8) is 0 Å². The second-order valence-corrected chi connectivity index (χ2v) is 6.43. The van der Waals surface area contributed by atoms with Crippen LogP contribution >= 0.6 is 22.7 Å². The number of nitrogens with zero attached hydrogens (tertiary/aromatic N) is 1. The number of carboxylic acids is 1. The van der Waals surface area contributed by atoms with Crippen molar-refractivity contribution in [2.45, 2.75) is 12.8 Å². The molecule has 0 unspecified atom stereocenters. The molecule has 0 bridgehead atoms. The van der Waals surface area contributed by atoms with Crippen LogP contribution in [0.25, 0.3) is 10.6 Å². The third-order valence-corrected chi connectivity index (χ3v) is 4.70. The molecule has 0 radical (unpaired) electrons. The molecular weight excluding hydrogens is 310 g/mol. The van der Waals surface area contributed by atoms with Crippen molar-refractivity contribution in [3.8, 4) is 10.6 Å². The number of aromatic nitrogens is 1. The number of aliphatic carboxylic acids is 1. The number of thiophene rings is 1. The van der Waals surface area contributed by atoms with Crippen molar-refractivity contribution in [2.75, 3.05) is 26.9 Å². The summed E-state index contributed by atoms with van der Waals surface area (Å²) in [7, 11) is 1.65. The van der Waals surface area contributed by atoms with E-state index in [1.54, 1.807) is 18.4 Å². The minimum atomic E-state index is -0.810. The summed E-state index contributed by atoms with van der Waals surface area (Å²) >= 11 is 3.08. The van der Waals surface area contributed by atoms with Crippen LogP contribution in [0.5, 0.6) is 0 Å². The molecule has 1 N–H and O–H groups in total. The van der Waals surface area contributed by atoms with Crippen LogP contribution in [0.2, 0.25) is 0 Å². The summed E-state index contributed by atoms with van der Waals surface area (Å²) in [5.41, 5.74) is 0.911. The molecule has 0 atom stereocenters. The first-order chi connectivity index (χ1) is 10.2. The molecule has 0 spiro atoms. The van der Waals surface area contributed by atoms with E-state index in [-0.39, 0.29) is 6.42 Å². The zero-order chi connectivity index (χ0) is 15.1. The second kappa shape index (κ2) is 8.23. The lowest BCUT2D eigenvalue weighted by atomic mass is 10.3. The van der Waals surface area contributed by atoms with Crippen molar-refractivity contribution in [3.05, 3.63) is 27.4 Å². The van der Waals surface area contributed by atoms with E-state index in [4.69, 9.17) is 14.6 Å². The Bertz CT molecular complexity index is 579. The van der Waals surface area contributed by atoms with E-state index in [2.05, 4.69) is 4.98 Å². The largest absolute Gasteiger partial charge is 0.481 e. The molecule has 21 heavy (non-hydrogen) atoms. The molecule has 2 aromatic rings. The molecule has 0 aliphatic rings. The number of ether oxygens (including phenoxy) is 2. The van der Waals surface area contributed by atoms with E-state index in [0.717, 1.165) is 26.9 Å². The number of methoxy groups -OCH3 is 1. The van der Waals surface area contributed by atoms with Gasteiger partial charge in [0, 0.05) is 23.8 Å². The summed E-state index contributed by atoms with van der Waals surface area (Å²) in [6.07, 6.45) is 0.844. The van der Waals surface area contributed by atoms with Gasteiger partial charge in [-0.1, -0.05) is 0 Å². The zero-order valence-corrected chi connectivity index (χ0v) is 13.3. The Morgan fingerprint density at radius 1 is 1.33 bits per heavy atom. The molecular formula is C14H17NO4S2. The van der Waals surface area contributed by atoms with Crippen LogP contribution in [-0.2, 0) is 27.1 Å². The maximum absolute atomic E-state index is 10.7. The molecule has 2 heterocycles.